The molecule has 134 valence electrons. The van der Waals surface area contributed by atoms with E-state index in [0.717, 1.165) is 17.7 Å². The quantitative estimate of drug-likeness (QED) is 0.352. The van der Waals surface area contributed by atoms with E-state index < -0.39 is 5.97 Å². The SMILES string of the molecule is CCCCCCC=CCc1nc2ccc(F)cc2c(OC(C)=O)c1C. The molecule has 25 heavy (non-hydrogen) atoms. The Morgan fingerprint density at radius 1 is 1.24 bits per heavy atom. The second kappa shape index (κ2) is 9.30. The van der Waals surface area contributed by atoms with E-state index in [0.29, 0.717) is 23.1 Å². The van der Waals surface area contributed by atoms with Gasteiger partial charge >= 0.3 is 5.97 Å². The molecule has 0 fully saturated rings. The van der Waals surface area contributed by atoms with Crippen molar-refractivity contribution in [2.24, 2.45) is 0 Å². The number of allylic oxidation sites excluding steroid dienone is 2. The third kappa shape index (κ3) is 5.38. The molecule has 0 bridgehead atoms. The van der Waals surface area contributed by atoms with Crippen molar-refractivity contribution in [1.29, 1.82) is 0 Å². The summed E-state index contributed by atoms with van der Waals surface area (Å²) in [6, 6.07) is 4.35. The van der Waals surface area contributed by atoms with Crippen LogP contribution in [0.2, 0.25) is 0 Å². The van der Waals surface area contributed by atoms with Gasteiger partial charge in [0.25, 0.3) is 0 Å². The number of rotatable bonds is 8. The average Bonchev–Trinajstić information content (AvgIpc) is 2.57. The molecule has 1 heterocycles. The van der Waals surface area contributed by atoms with Gasteiger partial charge in [0.1, 0.15) is 11.6 Å². The molecular formula is C21H26FNO2. The molecular weight excluding hydrogens is 317 g/mol. The number of carbonyl (C=O) groups excluding carboxylic acids is 1. The minimum absolute atomic E-state index is 0.373. The van der Waals surface area contributed by atoms with Gasteiger partial charge in [-0.1, -0.05) is 38.3 Å². The van der Waals surface area contributed by atoms with E-state index in [1.54, 1.807) is 6.07 Å². The first-order valence-corrected chi connectivity index (χ1v) is 8.95. The second-order valence-corrected chi connectivity index (χ2v) is 6.29. The summed E-state index contributed by atoms with van der Waals surface area (Å²) in [6.45, 7) is 5.41. The summed E-state index contributed by atoms with van der Waals surface area (Å²) in [5.74, 6) is -0.387. The highest BCUT2D eigenvalue weighted by Gasteiger charge is 2.14. The molecule has 1 aromatic carbocycles. The zero-order valence-electron chi connectivity index (χ0n) is 15.3. The van der Waals surface area contributed by atoms with Crippen LogP contribution in [0.5, 0.6) is 5.75 Å². The number of fused-ring (bicyclic) bond motifs is 1. The second-order valence-electron chi connectivity index (χ2n) is 6.29. The Hall–Kier alpha value is -2.23. The van der Waals surface area contributed by atoms with Gasteiger partial charge in [-0.25, -0.2) is 4.39 Å². The van der Waals surface area contributed by atoms with Gasteiger partial charge < -0.3 is 4.74 Å². The largest absolute Gasteiger partial charge is 0.426 e. The predicted octanol–water partition coefficient (Wildman–Crippen LogP) is 5.68. The van der Waals surface area contributed by atoms with Crippen molar-refractivity contribution in [2.75, 3.05) is 0 Å². The molecule has 1 aromatic heterocycles. The van der Waals surface area contributed by atoms with Gasteiger partial charge in [0.2, 0.25) is 0 Å². The Morgan fingerprint density at radius 3 is 2.76 bits per heavy atom. The summed E-state index contributed by atoms with van der Waals surface area (Å²) >= 11 is 0. The van der Waals surface area contributed by atoms with Crippen LogP contribution < -0.4 is 4.74 Å². The Labute approximate surface area is 148 Å². The van der Waals surface area contributed by atoms with Crippen molar-refractivity contribution in [3.63, 3.8) is 0 Å². The molecule has 0 saturated carbocycles. The van der Waals surface area contributed by atoms with Crippen molar-refractivity contribution in [3.8, 4) is 5.75 Å². The Kier molecular flexibility index (Phi) is 7.11. The summed E-state index contributed by atoms with van der Waals surface area (Å²) < 4.78 is 18.9. The molecule has 0 radical (unpaired) electrons. The lowest BCUT2D eigenvalue weighted by atomic mass is 10.1. The molecule has 0 amide bonds. The molecule has 0 saturated heterocycles. The van der Waals surface area contributed by atoms with Gasteiger partial charge in [0, 0.05) is 24.3 Å². The van der Waals surface area contributed by atoms with Crippen molar-refractivity contribution < 1.29 is 13.9 Å². The highest BCUT2D eigenvalue weighted by molar-refractivity contribution is 5.89. The van der Waals surface area contributed by atoms with E-state index in [1.165, 1.54) is 44.7 Å². The smallest absolute Gasteiger partial charge is 0.308 e. The predicted molar refractivity (Wildman–Crippen MR) is 99.4 cm³/mol. The van der Waals surface area contributed by atoms with Gasteiger partial charge in [0.05, 0.1) is 11.2 Å². The van der Waals surface area contributed by atoms with Crippen LogP contribution in [0.3, 0.4) is 0 Å². The lowest BCUT2D eigenvalue weighted by Crippen LogP contribution is -2.06. The molecule has 2 rings (SSSR count). The molecule has 0 aliphatic carbocycles. The number of pyridine rings is 1. The molecule has 0 aliphatic heterocycles. The molecule has 3 nitrogen and oxygen atoms in total. The maximum absolute atomic E-state index is 13.6. The molecule has 2 aromatic rings. The maximum Gasteiger partial charge on any atom is 0.308 e. The zero-order chi connectivity index (χ0) is 18.2. The average molecular weight is 343 g/mol. The van der Waals surface area contributed by atoms with E-state index in [2.05, 4.69) is 24.1 Å². The fourth-order valence-corrected chi connectivity index (χ4v) is 2.83. The van der Waals surface area contributed by atoms with E-state index in [4.69, 9.17) is 4.74 Å². The number of hydrogen-bond acceptors (Lipinski definition) is 3. The zero-order valence-corrected chi connectivity index (χ0v) is 15.3. The number of ether oxygens (including phenoxy) is 1. The normalized spacial score (nSPS) is 11.4. The number of esters is 1. The van der Waals surface area contributed by atoms with Crippen molar-refractivity contribution in [2.45, 2.75) is 59.3 Å². The van der Waals surface area contributed by atoms with E-state index in [1.807, 2.05) is 6.92 Å². The first kappa shape index (κ1) is 19.1. The summed E-state index contributed by atoms with van der Waals surface area (Å²) in [5, 5.41) is 0.528. The highest BCUT2D eigenvalue weighted by Crippen LogP contribution is 2.31. The number of halogens is 1. The van der Waals surface area contributed by atoms with Crippen molar-refractivity contribution >= 4 is 16.9 Å². The maximum atomic E-state index is 13.6. The summed E-state index contributed by atoms with van der Waals surface area (Å²) in [6.07, 6.45) is 11.0. The number of carbonyl (C=O) groups is 1. The minimum atomic E-state index is -0.419. The van der Waals surface area contributed by atoms with Crippen LogP contribution in [0.4, 0.5) is 4.39 Å². The number of aromatic nitrogens is 1. The van der Waals surface area contributed by atoms with Gasteiger partial charge in [-0.2, -0.15) is 0 Å². The molecule has 0 aliphatic rings. The Bertz CT molecular complexity index is 768. The van der Waals surface area contributed by atoms with Crippen molar-refractivity contribution in [3.05, 3.63) is 47.4 Å². The van der Waals surface area contributed by atoms with Crippen LogP contribution in [-0.2, 0) is 11.2 Å². The van der Waals surface area contributed by atoms with Gasteiger partial charge in [0.15, 0.2) is 0 Å². The molecule has 0 spiro atoms. The third-order valence-electron chi connectivity index (χ3n) is 4.18. The topological polar surface area (TPSA) is 39.2 Å². The fourth-order valence-electron chi connectivity index (χ4n) is 2.83. The first-order valence-electron chi connectivity index (χ1n) is 8.95. The van der Waals surface area contributed by atoms with E-state index >= 15 is 0 Å². The monoisotopic (exact) mass is 343 g/mol. The highest BCUT2D eigenvalue weighted by atomic mass is 19.1. The van der Waals surface area contributed by atoms with Crippen LogP contribution in [0.25, 0.3) is 10.9 Å². The molecule has 0 atom stereocenters. The third-order valence-corrected chi connectivity index (χ3v) is 4.18. The Balaban J connectivity index is 2.22. The van der Waals surface area contributed by atoms with E-state index in [9.17, 15) is 9.18 Å². The molecule has 0 N–H and O–H groups in total. The standard InChI is InChI=1S/C21H26FNO2/c1-4-5-6-7-8-9-10-11-19-15(2)21(25-16(3)24)18-14-17(22)12-13-20(18)23-19/h9-10,12-14H,4-8,11H2,1-3H3. The van der Waals surface area contributed by atoms with Crippen LogP contribution >= 0.6 is 0 Å². The number of hydrogen-bond donors (Lipinski definition) is 0. The first-order chi connectivity index (χ1) is 12.0. The van der Waals surface area contributed by atoms with Crippen LogP contribution in [-0.4, -0.2) is 11.0 Å². The van der Waals surface area contributed by atoms with Crippen LogP contribution in [0.15, 0.2) is 30.4 Å². The van der Waals surface area contributed by atoms with Crippen LogP contribution in [0, 0.1) is 12.7 Å². The lowest BCUT2D eigenvalue weighted by molar-refractivity contribution is -0.131. The van der Waals surface area contributed by atoms with Gasteiger partial charge in [-0.05, 0) is 38.0 Å². The fraction of sp³-hybridized carbons (Fsp3) is 0.429. The summed E-state index contributed by atoms with van der Waals surface area (Å²) in [7, 11) is 0. The number of benzene rings is 1. The van der Waals surface area contributed by atoms with Gasteiger partial charge in [-0.15, -0.1) is 0 Å². The summed E-state index contributed by atoms with van der Waals surface area (Å²) in [5.41, 5.74) is 2.26. The minimum Gasteiger partial charge on any atom is -0.426 e. The van der Waals surface area contributed by atoms with Crippen LogP contribution in [0.1, 0.15) is 57.2 Å². The molecule has 4 heteroatoms. The molecule has 0 unspecified atom stereocenters. The Morgan fingerprint density at radius 2 is 2.04 bits per heavy atom. The number of unbranched alkanes of at least 4 members (excludes halogenated alkanes) is 4. The van der Waals surface area contributed by atoms with Gasteiger partial charge in [-0.3, -0.25) is 9.78 Å². The number of nitrogens with zero attached hydrogens (tertiary/aromatic N) is 1. The lowest BCUT2D eigenvalue weighted by Gasteiger charge is -2.13. The van der Waals surface area contributed by atoms with Crippen molar-refractivity contribution in [1.82, 2.24) is 4.98 Å². The summed E-state index contributed by atoms with van der Waals surface area (Å²) in [4.78, 5) is 16.1. The van der Waals surface area contributed by atoms with E-state index in [-0.39, 0.29) is 5.82 Å².